The van der Waals surface area contributed by atoms with Gasteiger partial charge in [0.1, 0.15) is 0 Å². The highest BCUT2D eigenvalue weighted by Crippen LogP contribution is 2.20. The van der Waals surface area contributed by atoms with Crippen LogP contribution in [0.15, 0.2) is 23.8 Å². The lowest BCUT2D eigenvalue weighted by Gasteiger charge is -1.86. The maximum atomic E-state index is 10.7. The van der Waals surface area contributed by atoms with E-state index in [0.29, 0.717) is 5.01 Å². The minimum Gasteiger partial charge on any atom is -0.367 e. The van der Waals surface area contributed by atoms with E-state index in [1.165, 1.54) is 11.3 Å². The molecule has 0 atom stereocenters. The molecule has 0 unspecified atom stereocenters. The third kappa shape index (κ3) is 1.46. The number of thiazole rings is 1. The smallest absolute Gasteiger partial charge is 0.277 e. The molecular weight excluding hydrogens is 186 g/mol. The van der Waals surface area contributed by atoms with Gasteiger partial charge in [-0.1, -0.05) is 0 Å². The molecule has 0 spiro atoms. The summed E-state index contributed by atoms with van der Waals surface area (Å²) in [5.74, 6) is -0.480. The zero-order valence-corrected chi connectivity index (χ0v) is 7.47. The summed E-state index contributed by atoms with van der Waals surface area (Å²) in [6.07, 6.45) is 3.62. The van der Waals surface area contributed by atoms with E-state index in [2.05, 4.69) is 9.97 Å². The first-order chi connectivity index (χ1) is 6.27. The van der Waals surface area contributed by atoms with Crippen LogP contribution >= 0.6 is 11.3 Å². The van der Waals surface area contributed by atoms with Gasteiger partial charge in [-0.05, 0) is 6.07 Å². The van der Waals surface area contributed by atoms with Crippen molar-refractivity contribution in [2.24, 2.45) is 5.73 Å². The molecule has 5 heteroatoms. The summed E-state index contributed by atoms with van der Waals surface area (Å²) in [5, 5.41) is 2.15. The summed E-state index contributed by atoms with van der Waals surface area (Å²) in [6, 6.07) is 1.89. The number of nitrogens with one attached hydrogen (secondary N) is 1. The number of nitrogens with zero attached hydrogens (tertiary/aromatic N) is 1. The number of nitrogens with two attached hydrogens (primary N) is 1. The summed E-state index contributed by atoms with van der Waals surface area (Å²) in [5.41, 5.74) is 6.82. The molecule has 0 fully saturated rings. The molecule has 2 aromatic heterocycles. The fourth-order valence-electron chi connectivity index (χ4n) is 1.00. The molecule has 66 valence electrons. The van der Waals surface area contributed by atoms with E-state index in [0.717, 1.165) is 11.3 Å². The Morgan fingerprint density at radius 1 is 1.62 bits per heavy atom. The number of carbonyl (C=O) groups is 1. The minimum atomic E-state index is -0.480. The number of aromatic amines is 1. The molecule has 3 N–H and O–H groups in total. The third-order valence-corrected chi connectivity index (χ3v) is 2.47. The molecule has 0 aliphatic heterocycles. The molecule has 0 saturated carbocycles. The Kier molecular flexibility index (Phi) is 1.86. The molecule has 0 radical (unpaired) electrons. The zero-order valence-electron chi connectivity index (χ0n) is 6.65. The molecule has 1 amide bonds. The van der Waals surface area contributed by atoms with E-state index in [1.54, 1.807) is 6.20 Å². The van der Waals surface area contributed by atoms with Gasteiger partial charge in [-0.3, -0.25) is 4.79 Å². The van der Waals surface area contributed by atoms with Gasteiger partial charge in [0.2, 0.25) is 0 Å². The van der Waals surface area contributed by atoms with E-state index < -0.39 is 5.91 Å². The Bertz CT molecular complexity index is 418. The van der Waals surface area contributed by atoms with Crippen molar-refractivity contribution < 1.29 is 4.79 Å². The van der Waals surface area contributed by atoms with E-state index in [1.807, 2.05) is 17.6 Å². The third-order valence-electron chi connectivity index (χ3n) is 1.61. The second-order valence-electron chi connectivity index (χ2n) is 2.50. The molecule has 13 heavy (non-hydrogen) atoms. The standard InChI is InChI=1S/C8H7N3OS/c9-7(12)8-11-6(4-13-8)5-1-2-10-3-5/h1-4,10H,(H2,9,12). The number of amides is 1. The van der Waals surface area contributed by atoms with Crippen LogP contribution in [0.1, 0.15) is 9.80 Å². The molecule has 0 saturated heterocycles. The summed E-state index contributed by atoms with van der Waals surface area (Å²) in [4.78, 5) is 17.7. The van der Waals surface area contributed by atoms with Gasteiger partial charge in [-0.25, -0.2) is 4.98 Å². The van der Waals surface area contributed by atoms with Gasteiger partial charge in [0.05, 0.1) is 5.69 Å². The lowest BCUT2D eigenvalue weighted by molar-refractivity contribution is 0.1000. The highest BCUT2D eigenvalue weighted by molar-refractivity contribution is 7.12. The molecular formula is C8H7N3OS. The van der Waals surface area contributed by atoms with Crippen LogP contribution in [0.3, 0.4) is 0 Å². The van der Waals surface area contributed by atoms with Gasteiger partial charge in [0.25, 0.3) is 5.91 Å². The number of hydrogen-bond donors (Lipinski definition) is 2. The van der Waals surface area contributed by atoms with Crippen LogP contribution in [0.5, 0.6) is 0 Å². The average Bonchev–Trinajstić information content (AvgIpc) is 2.75. The second kappa shape index (κ2) is 3.02. The number of hydrogen-bond acceptors (Lipinski definition) is 3. The molecule has 0 aromatic carbocycles. The van der Waals surface area contributed by atoms with Crippen molar-refractivity contribution in [3.63, 3.8) is 0 Å². The van der Waals surface area contributed by atoms with Crippen molar-refractivity contribution in [2.75, 3.05) is 0 Å². The van der Waals surface area contributed by atoms with Crippen LogP contribution in [0, 0.1) is 0 Å². The first-order valence-corrected chi connectivity index (χ1v) is 4.54. The first-order valence-electron chi connectivity index (χ1n) is 3.66. The summed E-state index contributed by atoms with van der Waals surface area (Å²) < 4.78 is 0. The maximum Gasteiger partial charge on any atom is 0.277 e. The topological polar surface area (TPSA) is 71.8 Å². The normalized spacial score (nSPS) is 10.2. The molecule has 2 heterocycles. The zero-order chi connectivity index (χ0) is 9.26. The second-order valence-corrected chi connectivity index (χ2v) is 3.36. The molecule has 2 aromatic rings. The predicted molar refractivity (Wildman–Crippen MR) is 50.4 cm³/mol. The maximum absolute atomic E-state index is 10.7. The van der Waals surface area contributed by atoms with Gasteiger partial charge in [-0.2, -0.15) is 0 Å². The van der Waals surface area contributed by atoms with Crippen molar-refractivity contribution in [1.82, 2.24) is 9.97 Å². The van der Waals surface area contributed by atoms with E-state index in [4.69, 9.17) is 5.73 Å². The Balaban J connectivity index is 2.39. The van der Waals surface area contributed by atoms with Crippen LogP contribution in [-0.4, -0.2) is 15.9 Å². The monoisotopic (exact) mass is 193 g/mol. The fourth-order valence-corrected chi connectivity index (χ4v) is 1.68. The fraction of sp³-hybridized carbons (Fsp3) is 0. The quantitative estimate of drug-likeness (QED) is 0.753. The van der Waals surface area contributed by atoms with Crippen LogP contribution in [0.2, 0.25) is 0 Å². The number of H-pyrrole nitrogens is 1. The Morgan fingerprint density at radius 3 is 3.00 bits per heavy atom. The summed E-state index contributed by atoms with van der Waals surface area (Å²) >= 11 is 1.26. The number of primary amides is 1. The first kappa shape index (κ1) is 8.00. The van der Waals surface area contributed by atoms with Gasteiger partial charge in [0, 0.05) is 23.3 Å². The van der Waals surface area contributed by atoms with Crippen molar-refractivity contribution in [3.8, 4) is 11.3 Å². The van der Waals surface area contributed by atoms with Gasteiger partial charge in [0.15, 0.2) is 5.01 Å². The molecule has 0 aliphatic carbocycles. The highest BCUT2D eigenvalue weighted by atomic mass is 32.1. The molecule has 2 rings (SSSR count). The summed E-state index contributed by atoms with van der Waals surface area (Å²) in [6.45, 7) is 0. The Morgan fingerprint density at radius 2 is 2.46 bits per heavy atom. The van der Waals surface area contributed by atoms with Crippen LogP contribution < -0.4 is 5.73 Å². The predicted octanol–water partition coefficient (Wildman–Crippen LogP) is 1.24. The van der Waals surface area contributed by atoms with E-state index >= 15 is 0 Å². The average molecular weight is 193 g/mol. The van der Waals surface area contributed by atoms with E-state index in [9.17, 15) is 4.79 Å². The van der Waals surface area contributed by atoms with Crippen molar-refractivity contribution in [3.05, 3.63) is 28.8 Å². The lowest BCUT2D eigenvalue weighted by atomic mass is 10.3. The SMILES string of the molecule is NC(=O)c1nc(-c2cc[nH]c2)cs1. The van der Waals surface area contributed by atoms with Crippen molar-refractivity contribution in [1.29, 1.82) is 0 Å². The Hall–Kier alpha value is -1.62. The molecule has 0 bridgehead atoms. The van der Waals surface area contributed by atoms with E-state index in [-0.39, 0.29) is 0 Å². The van der Waals surface area contributed by atoms with Crippen LogP contribution in [0.25, 0.3) is 11.3 Å². The van der Waals surface area contributed by atoms with Crippen LogP contribution in [0.4, 0.5) is 0 Å². The molecule has 0 aliphatic rings. The minimum absolute atomic E-state index is 0.344. The number of carbonyl (C=O) groups excluding carboxylic acids is 1. The number of rotatable bonds is 2. The summed E-state index contributed by atoms with van der Waals surface area (Å²) in [7, 11) is 0. The molecule has 4 nitrogen and oxygen atoms in total. The largest absolute Gasteiger partial charge is 0.367 e. The van der Waals surface area contributed by atoms with Crippen molar-refractivity contribution >= 4 is 17.2 Å². The van der Waals surface area contributed by atoms with Crippen molar-refractivity contribution in [2.45, 2.75) is 0 Å². The van der Waals surface area contributed by atoms with Gasteiger partial charge < -0.3 is 10.7 Å². The van der Waals surface area contributed by atoms with Gasteiger partial charge >= 0.3 is 0 Å². The Labute approximate surface area is 78.4 Å². The van der Waals surface area contributed by atoms with Crippen LogP contribution in [-0.2, 0) is 0 Å². The van der Waals surface area contributed by atoms with Gasteiger partial charge in [-0.15, -0.1) is 11.3 Å². The lowest BCUT2D eigenvalue weighted by Crippen LogP contribution is -2.09. The highest BCUT2D eigenvalue weighted by Gasteiger charge is 2.08. The number of aromatic nitrogens is 2.